The van der Waals surface area contributed by atoms with Gasteiger partial charge in [-0.25, -0.2) is 0 Å². The molecule has 0 spiro atoms. The number of rotatable bonds is 5. The van der Waals surface area contributed by atoms with Gasteiger partial charge >= 0.3 is 0 Å². The number of carbonyl (C=O) groups excluding carboxylic acids is 1. The summed E-state index contributed by atoms with van der Waals surface area (Å²) in [5, 5.41) is 4.05. The van der Waals surface area contributed by atoms with Crippen molar-refractivity contribution in [3.63, 3.8) is 0 Å². The second-order valence-corrected chi connectivity index (χ2v) is 5.98. The molecule has 1 atom stereocenters. The molecule has 1 amide bonds. The van der Waals surface area contributed by atoms with Crippen molar-refractivity contribution in [1.29, 1.82) is 0 Å². The van der Waals surface area contributed by atoms with E-state index >= 15 is 0 Å². The number of carbonyl (C=O) groups is 1. The molecule has 1 aliphatic rings. The van der Waals surface area contributed by atoms with E-state index < -0.39 is 0 Å². The Morgan fingerprint density at radius 1 is 1.29 bits per heavy atom. The first-order chi connectivity index (χ1) is 11.7. The summed E-state index contributed by atoms with van der Waals surface area (Å²) in [6.07, 6.45) is 1.38. The van der Waals surface area contributed by atoms with E-state index in [0.29, 0.717) is 31.4 Å². The normalized spacial score (nSPS) is 18.1. The maximum absolute atomic E-state index is 12.6. The third kappa shape index (κ3) is 3.48. The first-order valence-electron chi connectivity index (χ1n) is 8.52. The van der Waals surface area contributed by atoms with Gasteiger partial charge in [-0.3, -0.25) is 4.79 Å². The Bertz CT molecular complexity index is 667. The van der Waals surface area contributed by atoms with E-state index in [1.54, 1.807) is 0 Å². The molecule has 2 aromatic rings. The summed E-state index contributed by atoms with van der Waals surface area (Å²) in [6.45, 7) is 5.69. The zero-order valence-electron chi connectivity index (χ0n) is 14.1. The molecule has 128 valence electrons. The van der Waals surface area contributed by atoms with Gasteiger partial charge in [-0.05, 0) is 25.0 Å². The Kier molecular flexibility index (Phi) is 5.25. The molecule has 1 unspecified atom stereocenters. The van der Waals surface area contributed by atoms with E-state index in [9.17, 15) is 4.79 Å². The van der Waals surface area contributed by atoms with Gasteiger partial charge in [0.05, 0.1) is 13.2 Å². The van der Waals surface area contributed by atoms with Crippen molar-refractivity contribution in [3.05, 3.63) is 36.2 Å². The maximum atomic E-state index is 12.6. The summed E-state index contributed by atoms with van der Waals surface area (Å²) in [4.78, 5) is 18.9. The van der Waals surface area contributed by atoms with Crippen LogP contribution in [0.15, 0.2) is 34.9 Å². The van der Waals surface area contributed by atoms with Crippen molar-refractivity contribution < 1.29 is 14.1 Å². The van der Waals surface area contributed by atoms with Crippen LogP contribution in [0.2, 0.25) is 0 Å². The standard InChI is InChI=1S/C18H23N3O3/c1-3-13(4-2)18(22)21-10-11-23-15(12-21)16-19-17(24-20-16)14-8-6-5-7-9-14/h5-9,13,15H,3-4,10-12H2,1-2H3. The van der Waals surface area contributed by atoms with E-state index in [-0.39, 0.29) is 17.9 Å². The molecule has 1 saturated heterocycles. The summed E-state index contributed by atoms with van der Waals surface area (Å²) < 4.78 is 11.1. The lowest BCUT2D eigenvalue weighted by atomic mass is 10.0. The number of hydrogen-bond acceptors (Lipinski definition) is 5. The van der Waals surface area contributed by atoms with Gasteiger partial charge in [0.2, 0.25) is 11.7 Å². The molecule has 1 aromatic heterocycles. The zero-order valence-corrected chi connectivity index (χ0v) is 14.1. The Morgan fingerprint density at radius 2 is 2.04 bits per heavy atom. The molecule has 6 nitrogen and oxygen atoms in total. The van der Waals surface area contributed by atoms with Crippen LogP contribution in [0.1, 0.15) is 38.6 Å². The first kappa shape index (κ1) is 16.6. The number of nitrogens with zero attached hydrogens (tertiary/aromatic N) is 3. The molecule has 2 heterocycles. The van der Waals surface area contributed by atoms with Crippen LogP contribution < -0.4 is 0 Å². The molecule has 1 aliphatic heterocycles. The third-order valence-electron chi connectivity index (χ3n) is 4.46. The van der Waals surface area contributed by atoms with Crippen LogP contribution in [-0.4, -0.2) is 40.6 Å². The van der Waals surface area contributed by atoms with E-state index in [1.807, 2.05) is 35.2 Å². The lowest BCUT2D eigenvalue weighted by Gasteiger charge is -2.33. The Hall–Kier alpha value is -2.21. The summed E-state index contributed by atoms with van der Waals surface area (Å²) in [5.41, 5.74) is 0.872. The fraction of sp³-hybridized carbons (Fsp3) is 0.500. The minimum Gasteiger partial charge on any atom is -0.366 e. The fourth-order valence-electron chi connectivity index (χ4n) is 2.97. The van der Waals surface area contributed by atoms with E-state index in [2.05, 4.69) is 24.0 Å². The Labute approximate surface area is 141 Å². The third-order valence-corrected chi connectivity index (χ3v) is 4.46. The largest absolute Gasteiger partial charge is 0.366 e. The summed E-state index contributed by atoms with van der Waals surface area (Å²) >= 11 is 0. The van der Waals surface area contributed by atoms with Crippen molar-refractivity contribution in [2.45, 2.75) is 32.8 Å². The fourth-order valence-corrected chi connectivity index (χ4v) is 2.97. The number of morpholine rings is 1. The van der Waals surface area contributed by atoms with Crippen molar-refractivity contribution in [2.24, 2.45) is 5.92 Å². The highest BCUT2D eigenvalue weighted by molar-refractivity contribution is 5.78. The van der Waals surface area contributed by atoms with Crippen LogP contribution in [0.25, 0.3) is 11.5 Å². The molecular formula is C18H23N3O3. The molecule has 1 fully saturated rings. The van der Waals surface area contributed by atoms with E-state index in [4.69, 9.17) is 9.26 Å². The van der Waals surface area contributed by atoms with Crippen LogP contribution in [0, 0.1) is 5.92 Å². The zero-order chi connectivity index (χ0) is 16.9. The van der Waals surface area contributed by atoms with Gasteiger partial charge in [0, 0.05) is 18.0 Å². The summed E-state index contributed by atoms with van der Waals surface area (Å²) in [6, 6.07) is 9.62. The van der Waals surface area contributed by atoms with Gasteiger partial charge in [-0.15, -0.1) is 0 Å². The van der Waals surface area contributed by atoms with E-state index in [1.165, 1.54) is 0 Å². The predicted octanol–water partition coefficient (Wildman–Crippen LogP) is 3.07. The van der Waals surface area contributed by atoms with Crippen LogP contribution in [-0.2, 0) is 9.53 Å². The molecule has 0 aliphatic carbocycles. The van der Waals surface area contributed by atoms with Crippen molar-refractivity contribution >= 4 is 5.91 Å². The van der Waals surface area contributed by atoms with Crippen LogP contribution in [0.5, 0.6) is 0 Å². The van der Waals surface area contributed by atoms with E-state index in [0.717, 1.165) is 18.4 Å². The van der Waals surface area contributed by atoms with Crippen LogP contribution in [0.3, 0.4) is 0 Å². The second-order valence-electron chi connectivity index (χ2n) is 5.98. The molecule has 1 aromatic carbocycles. The van der Waals surface area contributed by atoms with Gasteiger partial charge in [-0.1, -0.05) is 37.2 Å². The second kappa shape index (κ2) is 7.57. The lowest BCUT2D eigenvalue weighted by Crippen LogP contribution is -2.45. The van der Waals surface area contributed by atoms with Crippen molar-refractivity contribution in [3.8, 4) is 11.5 Å². The molecule has 0 saturated carbocycles. The number of benzene rings is 1. The van der Waals surface area contributed by atoms with Gasteiger partial charge in [0.15, 0.2) is 0 Å². The van der Waals surface area contributed by atoms with Crippen LogP contribution >= 0.6 is 0 Å². The lowest BCUT2D eigenvalue weighted by molar-refractivity contribution is -0.144. The molecule has 0 radical (unpaired) electrons. The smallest absolute Gasteiger partial charge is 0.258 e. The van der Waals surface area contributed by atoms with Crippen molar-refractivity contribution in [2.75, 3.05) is 19.7 Å². The molecule has 0 N–H and O–H groups in total. The van der Waals surface area contributed by atoms with Gasteiger partial charge in [0.25, 0.3) is 5.89 Å². The summed E-state index contributed by atoms with van der Waals surface area (Å²) in [5.74, 6) is 1.24. The highest BCUT2D eigenvalue weighted by Gasteiger charge is 2.31. The SMILES string of the molecule is CCC(CC)C(=O)N1CCOC(c2noc(-c3ccccc3)n2)C1. The Morgan fingerprint density at radius 3 is 2.75 bits per heavy atom. The molecular weight excluding hydrogens is 306 g/mol. The number of hydrogen-bond donors (Lipinski definition) is 0. The highest BCUT2D eigenvalue weighted by atomic mass is 16.5. The number of ether oxygens (including phenoxy) is 1. The monoisotopic (exact) mass is 329 g/mol. The molecule has 24 heavy (non-hydrogen) atoms. The highest BCUT2D eigenvalue weighted by Crippen LogP contribution is 2.25. The average Bonchev–Trinajstić information content (AvgIpc) is 3.14. The van der Waals surface area contributed by atoms with Crippen LogP contribution in [0.4, 0.5) is 0 Å². The van der Waals surface area contributed by atoms with Gasteiger partial charge in [-0.2, -0.15) is 4.98 Å². The Balaban J connectivity index is 1.71. The maximum Gasteiger partial charge on any atom is 0.258 e. The minimum atomic E-state index is -0.335. The molecule has 0 bridgehead atoms. The van der Waals surface area contributed by atoms with Gasteiger partial charge in [0.1, 0.15) is 6.10 Å². The predicted molar refractivity (Wildman–Crippen MR) is 89.1 cm³/mol. The number of aromatic nitrogens is 2. The number of amides is 1. The minimum absolute atomic E-state index is 0.0777. The average molecular weight is 329 g/mol. The quantitative estimate of drug-likeness (QED) is 0.843. The molecule has 3 rings (SSSR count). The van der Waals surface area contributed by atoms with Gasteiger partial charge < -0.3 is 14.2 Å². The van der Waals surface area contributed by atoms with Crippen molar-refractivity contribution in [1.82, 2.24) is 15.0 Å². The summed E-state index contributed by atoms with van der Waals surface area (Å²) in [7, 11) is 0. The molecule has 6 heteroatoms. The topological polar surface area (TPSA) is 68.5 Å². The first-order valence-corrected chi connectivity index (χ1v) is 8.52.